The second-order valence-corrected chi connectivity index (χ2v) is 7.44. The van der Waals surface area contributed by atoms with Gasteiger partial charge in [-0.15, -0.1) is 11.3 Å². The summed E-state index contributed by atoms with van der Waals surface area (Å²) in [5, 5.41) is 2.93. The number of likely N-dealkylation sites (tertiary alicyclic amines) is 1. The van der Waals surface area contributed by atoms with Crippen molar-refractivity contribution in [2.75, 3.05) is 13.1 Å². The molecule has 0 aliphatic carbocycles. The fourth-order valence-corrected chi connectivity index (χ4v) is 3.53. The Morgan fingerprint density at radius 3 is 2.75 bits per heavy atom. The number of carbonyl (C=O) groups is 2. The van der Waals surface area contributed by atoms with Gasteiger partial charge in [0, 0.05) is 29.9 Å². The lowest BCUT2D eigenvalue weighted by atomic mass is 10.0. The zero-order valence-electron chi connectivity index (χ0n) is 14.0. The highest BCUT2D eigenvalue weighted by Gasteiger charge is 2.29. The Balaban J connectivity index is 2.08. The van der Waals surface area contributed by atoms with Crippen molar-refractivity contribution in [1.82, 2.24) is 10.2 Å². The van der Waals surface area contributed by atoms with Crippen LogP contribution in [0, 0.1) is 12.8 Å². The van der Waals surface area contributed by atoms with E-state index in [2.05, 4.69) is 10.1 Å². The first-order chi connectivity index (χ1) is 11.3. The van der Waals surface area contributed by atoms with Crippen LogP contribution >= 0.6 is 11.3 Å². The van der Waals surface area contributed by atoms with E-state index >= 15 is 0 Å². The average Bonchev–Trinajstić information content (AvgIpc) is 2.86. The maximum atomic E-state index is 12.7. The molecule has 0 unspecified atom stereocenters. The molecule has 1 saturated heterocycles. The van der Waals surface area contributed by atoms with Crippen molar-refractivity contribution in [2.24, 2.45) is 5.92 Å². The van der Waals surface area contributed by atoms with Crippen molar-refractivity contribution in [3.05, 3.63) is 15.8 Å². The Labute approximate surface area is 144 Å². The first-order valence-electron chi connectivity index (χ1n) is 7.92. The van der Waals surface area contributed by atoms with Gasteiger partial charge in [-0.05, 0) is 25.8 Å². The second kappa shape index (κ2) is 7.92. The van der Waals surface area contributed by atoms with E-state index in [1.807, 2.05) is 13.8 Å². The number of alkyl halides is 2. The number of thiophene rings is 1. The molecule has 8 heteroatoms. The molecular formula is C16H22F2N2O3S. The largest absolute Gasteiger partial charge is 0.433 e. The van der Waals surface area contributed by atoms with Crippen LogP contribution in [0.15, 0.2) is 6.07 Å². The molecule has 1 aromatic heterocycles. The molecule has 0 spiro atoms. The lowest BCUT2D eigenvalue weighted by Gasteiger charge is -2.33. The Morgan fingerprint density at radius 2 is 2.12 bits per heavy atom. The summed E-state index contributed by atoms with van der Waals surface area (Å²) in [4.78, 5) is 27.0. The molecule has 1 fully saturated rings. The normalized spacial score (nSPS) is 18.1. The third-order valence-corrected chi connectivity index (χ3v) is 4.83. The fourth-order valence-electron chi connectivity index (χ4n) is 2.61. The van der Waals surface area contributed by atoms with Gasteiger partial charge in [0.25, 0.3) is 5.91 Å². The van der Waals surface area contributed by atoms with E-state index in [1.165, 1.54) is 6.07 Å². The predicted molar refractivity (Wildman–Crippen MR) is 87.6 cm³/mol. The molecule has 2 heterocycles. The summed E-state index contributed by atoms with van der Waals surface area (Å²) >= 11 is 1.14. The zero-order valence-corrected chi connectivity index (χ0v) is 14.8. The van der Waals surface area contributed by atoms with Gasteiger partial charge in [-0.3, -0.25) is 9.59 Å². The van der Waals surface area contributed by atoms with Crippen LogP contribution in [0.1, 0.15) is 41.2 Å². The third-order valence-electron chi connectivity index (χ3n) is 3.81. The number of nitrogens with one attached hydrogen (secondary N) is 1. The van der Waals surface area contributed by atoms with Gasteiger partial charge in [-0.2, -0.15) is 8.78 Å². The van der Waals surface area contributed by atoms with E-state index < -0.39 is 6.61 Å². The standard InChI is InChI=1S/C16H22F2N2O3S/c1-9(2)14(21)19-11-5-4-6-20(8-11)15(22)13-12(23-16(17)18)7-10(3)24-13/h7,9,11,16H,4-6,8H2,1-3H3,(H,19,21)/t11-/m1/s1. The van der Waals surface area contributed by atoms with Gasteiger partial charge in [0.05, 0.1) is 0 Å². The van der Waals surface area contributed by atoms with Crippen molar-refractivity contribution >= 4 is 23.2 Å². The molecule has 0 bridgehead atoms. The highest BCUT2D eigenvalue weighted by molar-refractivity contribution is 7.14. The molecular weight excluding hydrogens is 338 g/mol. The van der Waals surface area contributed by atoms with Crippen LogP contribution in [-0.4, -0.2) is 42.5 Å². The van der Waals surface area contributed by atoms with Crippen molar-refractivity contribution < 1.29 is 23.1 Å². The van der Waals surface area contributed by atoms with Crippen molar-refractivity contribution in [3.8, 4) is 5.75 Å². The fraction of sp³-hybridized carbons (Fsp3) is 0.625. The average molecular weight is 360 g/mol. The van der Waals surface area contributed by atoms with Crippen LogP contribution in [-0.2, 0) is 4.79 Å². The number of hydrogen-bond acceptors (Lipinski definition) is 4. The van der Waals surface area contributed by atoms with Crippen LogP contribution in [0.25, 0.3) is 0 Å². The predicted octanol–water partition coefficient (Wildman–Crippen LogP) is 3.03. The summed E-state index contributed by atoms with van der Waals surface area (Å²) in [6.07, 6.45) is 1.55. The Bertz CT molecular complexity index is 604. The molecule has 5 nitrogen and oxygen atoms in total. The monoisotopic (exact) mass is 360 g/mol. The molecule has 0 aromatic carbocycles. The maximum Gasteiger partial charge on any atom is 0.387 e. The number of amides is 2. The lowest BCUT2D eigenvalue weighted by Crippen LogP contribution is -2.50. The van der Waals surface area contributed by atoms with Crippen LogP contribution in [0.3, 0.4) is 0 Å². The quantitative estimate of drug-likeness (QED) is 0.878. The van der Waals surface area contributed by atoms with Gasteiger partial charge in [0.1, 0.15) is 10.6 Å². The van der Waals surface area contributed by atoms with Crippen LogP contribution in [0.2, 0.25) is 0 Å². The van der Waals surface area contributed by atoms with Crippen LogP contribution < -0.4 is 10.1 Å². The Morgan fingerprint density at radius 1 is 1.42 bits per heavy atom. The van der Waals surface area contributed by atoms with Gasteiger partial charge in [0.15, 0.2) is 0 Å². The first-order valence-corrected chi connectivity index (χ1v) is 8.74. The van der Waals surface area contributed by atoms with Crippen molar-refractivity contribution in [2.45, 2.75) is 46.3 Å². The lowest BCUT2D eigenvalue weighted by molar-refractivity contribution is -0.125. The third kappa shape index (κ3) is 4.66. The molecule has 2 amide bonds. The van der Waals surface area contributed by atoms with Crippen LogP contribution in [0.5, 0.6) is 5.75 Å². The molecule has 1 aromatic rings. The van der Waals surface area contributed by atoms with E-state index in [4.69, 9.17) is 0 Å². The summed E-state index contributed by atoms with van der Waals surface area (Å²) in [5.41, 5.74) is 0. The van der Waals surface area contributed by atoms with Gasteiger partial charge in [-0.1, -0.05) is 13.8 Å². The zero-order chi connectivity index (χ0) is 17.9. The molecule has 1 aliphatic heterocycles. The summed E-state index contributed by atoms with van der Waals surface area (Å²) in [6.45, 7) is 3.31. The first kappa shape index (κ1) is 18.6. The maximum absolute atomic E-state index is 12.7. The van der Waals surface area contributed by atoms with Crippen molar-refractivity contribution in [1.29, 1.82) is 0 Å². The molecule has 0 radical (unpaired) electrons. The van der Waals surface area contributed by atoms with Crippen molar-refractivity contribution in [3.63, 3.8) is 0 Å². The molecule has 134 valence electrons. The van der Waals surface area contributed by atoms with E-state index in [0.717, 1.165) is 29.1 Å². The smallest absolute Gasteiger partial charge is 0.387 e. The van der Waals surface area contributed by atoms with E-state index in [-0.39, 0.29) is 34.4 Å². The highest BCUT2D eigenvalue weighted by Crippen LogP contribution is 2.32. The highest BCUT2D eigenvalue weighted by atomic mass is 32.1. The number of ether oxygens (including phenoxy) is 1. The SMILES string of the molecule is Cc1cc(OC(F)F)c(C(=O)N2CCC[C@@H](NC(=O)C(C)C)C2)s1. The summed E-state index contributed by atoms with van der Waals surface area (Å²) in [7, 11) is 0. The van der Waals surface area contributed by atoms with Gasteiger partial charge in [-0.25, -0.2) is 0 Å². The van der Waals surface area contributed by atoms with Crippen LogP contribution in [0.4, 0.5) is 8.78 Å². The molecule has 1 aliphatic rings. The summed E-state index contributed by atoms with van der Waals surface area (Å²) in [6, 6.07) is 1.34. The Kier molecular flexibility index (Phi) is 6.15. The second-order valence-electron chi connectivity index (χ2n) is 6.18. The van der Waals surface area contributed by atoms with Gasteiger partial charge >= 0.3 is 6.61 Å². The number of hydrogen-bond donors (Lipinski definition) is 1. The number of nitrogens with zero attached hydrogens (tertiary/aromatic N) is 1. The van der Waals surface area contributed by atoms with E-state index in [0.29, 0.717) is 13.1 Å². The Hall–Kier alpha value is -1.70. The van der Waals surface area contributed by atoms with E-state index in [1.54, 1.807) is 11.8 Å². The molecule has 0 saturated carbocycles. The molecule has 2 rings (SSSR count). The number of rotatable bonds is 5. The minimum Gasteiger partial charge on any atom is -0.433 e. The molecule has 1 atom stereocenters. The number of carbonyl (C=O) groups excluding carboxylic acids is 2. The minimum atomic E-state index is -2.97. The molecule has 1 N–H and O–H groups in total. The van der Waals surface area contributed by atoms with Gasteiger partial charge in [0.2, 0.25) is 5.91 Å². The number of aryl methyl sites for hydroxylation is 1. The number of piperidine rings is 1. The number of halogens is 2. The molecule has 24 heavy (non-hydrogen) atoms. The topological polar surface area (TPSA) is 58.6 Å². The summed E-state index contributed by atoms with van der Waals surface area (Å²) < 4.78 is 29.5. The van der Waals surface area contributed by atoms with Gasteiger partial charge < -0.3 is 15.0 Å². The summed E-state index contributed by atoms with van der Waals surface area (Å²) in [5.74, 6) is -0.580. The minimum absolute atomic E-state index is 0.0528. The van der Waals surface area contributed by atoms with E-state index in [9.17, 15) is 18.4 Å².